The highest BCUT2D eigenvalue weighted by molar-refractivity contribution is 6.35. The number of methoxy groups -OCH3 is 2. The van der Waals surface area contributed by atoms with Crippen LogP contribution in [0.5, 0.6) is 0 Å². The number of aliphatic hydroxyl groups excluding tert-OH is 2. The normalized spacial score (nSPS) is 11.2. The standard InChI is InChI=1S/C17H29N5O10/c1-31-16(29)14(27)19-4-7-22(8-5-20-15(28)17(30)32-2)6-3-18-12(25)13(26)21-9-11(24)10-23/h11,23-24H,3-10H2,1-2H3,(H,18,25)(H,19,27)(H,20,28)(H,21,26). The van der Waals surface area contributed by atoms with Gasteiger partial charge in [-0.2, -0.15) is 0 Å². The van der Waals surface area contributed by atoms with Gasteiger partial charge in [0.15, 0.2) is 0 Å². The molecule has 4 amide bonds. The largest absolute Gasteiger partial charge is 0.462 e. The van der Waals surface area contributed by atoms with E-state index < -0.39 is 48.3 Å². The number of nitrogens with one attached hydrogen (secondary N) is 4. The number of hydrogen-bond acceptors (Lipinski definition) is 11. The highest BCUT2D eigenvalue weighted by atomic mass is 16.5. The van der Waals surface area contributed by atoms with E-state index in [0.717, 1.165) is 14.2 Å². The van der Waals surface area contributed by atoms with E-state index in [4.69, 9.17) is 10.2 Å². The number of ether oxygens (including phenoxy) is 2. The van der Waals surface area contributed by atoms with Crippen molar-refractivity contribution >= 4 is 35.6 Å². The summed E-state index contributed by atoms with van der Waals surface area (Å²) in [6.45, 7) is -0.225. The van der Waals surface area contributed by atoms with E-state index in [1.807, 2.05) is 0 Å². The van der Waals surface area contributed by atoms with Gasteiger partial charge >= 0.3 is 35.6 Å². The molecule has 32 heavy (non-hydrogen) atoms. The average Bonchev–Trinajstić information content (AvgIpc) is 2.80. The molecule has 0 bridgehead atoms. The number of aliphatic hydroxyl groups is 2. The summed E-state index contributed by atoms with van der Waals surface area (Å²) >= 11 is 0. The van der Waals surface area contributed by atoms with Crippen molar-refractivity contribution in [2.45, 2.75) is 6.10 Å². The van der Waals surface area contributed by atoms with Crippen molar-refractivity contribution in [3.05, 3.63) is 0 Å². The molecule has 15 nitrogen and oxygen atoms in total. The Labute approximate surface area is 183 Å². The molecule has 182 valence electrons. The fourth-order valence-electron chi connectivity index (χ4n) is 2.08. The molecular weight excluding hydrogens is 434 g/mol. The lowest BCUT2D eigenvalue weighted by Gasteiger charge is -2.22. The van der Waals surface area contributed by atoms with Crippen LogP contribution in [-0.2, 0) is 38.2 Å². The van der Waals surface area contributed by atoms with Crippen molar-refractivity contribution in [1.82, 2.24) is 26.2 Å². The van der Waals surface area contributed by atoms with E-state index in [-0.39, 0.29) is 45.8 Å². The first-order valence-corrected chi connectivity index (χ1v) is 9.45. The van der Waals surface area contributed by atoms with Gasteiger partial charge in [0.2, 0.25) is 0 Å². The molecule has 0 rings (SSSR count). The van der Waals surface area contributed by atoms with Gasteiger partial charge in [-0.1, -0.05) is 0 Å². The summed E-state index contributed by atoms with van der Waals surface area (Å²) in [5, 5.41) is 27.0. The third-order valence-electron chi connectivity index (χ3n) is 3.80. The number of hydrogen-bond donors (Lipinski definition) is 6. The van der Waals surface area contributed by atoms with Crippen molar-refractivity contribution in [2.24, 2.45) is 0 Å². The van der Waals surface area contributed by atoms with Crippen LogP contribution in [0, 0.1) is 0 Å². The summed E-state index contributed by atoms with van der Waals surface area (Å²) in [6, 6.07) is 0. The molecule has 0 aromatic heterocycles. The molecule has 0 aliphatic carbocycles. The highest BCUT2D eigenvalue weighted by Crippen LogP contribution is 1.88. The molecule has 0 aromatic rings. The second-order valence-corrected chi connectivity index (χ2v) is 6.14. The number of amides is 4. The maximum atomic E-state index is 11.7. The summed E-state index contributed by atoms with van der Waals surface area (Å²) in [6.07, 6.45) is -1.19. The van der Waals surface area contributed by atoms with E-state index in [9.17, 15) is 28.8 Å². The molecule has 0 aromatic carbocycles. The van der Waals surface area contributed by atoms with Gasteiger partial charge in [-0.25, -0.2) is 9.59 Å². The van der Waals surface area contributed by atoms with Gasteiger partial charge in [-0.05, 0) is 0 Å². The van der Waals surface area contributed by atoms with Crippen LogP contribution in [0.25, 0.3) is 0 Å². The summed E-state index contributed by atoms with van der Waals surface area (Å²) in [5.74, 6) is -5.98. The molecule has 0 saturated heterocycles. The lowest BCUT2D eigenvalue weighted by atomic mass is 10.3. The van der Waals surface area contributed by atoms with Crippen LogP contribution in [0.1, 0.15) is 0 Å². The third-order valence-corrected chi connectivity index (χ3v) is 3.80. The minimum Gasteiger partial charge on any atom is -0.462 e. The zero-order valence-electron chi connectivity index (χ0n) is 17.8. The van der Waals surface area contributed by atoms with E-state index in [2.05, 4.69) is 30.7 Å². The van der Waals surface area contributed by atoms with Crippen LogP contribution < -0.4 is 21.3 Å². The third kappa shape index (κ3) is 12.4. The molecule has 0 radical (unpaired) electrons. The molecule has 0 fully saturated rings. The minimum absolute atomic E-state index is 0.00467. The summed E-state index contributed by atoms with van der Waals surface area (Å²) in [7, 11) is 2.11. The molecule has 15 heteroatoms. The SMILES string of the molecule is COC(=O)C(=O)NCCN(CCNC(=O)C(=O)NCC(O)CO)CCNC(=O)C(=O)OC. The van der Waals surface area contributed by atoms with E-state index in [0.29, 0.717) is 0 Å². The van der Waals surface area contributed by atoms with Gasteiger partial charge in [0.25, 0.3) is 0 Å². The molecule has 6 N–H and O–H groups in total. The van der Waals surface area contributed by atoms with Crippen molar-refractivity contribution < 1.29 is 48.5 Å². The highest BCUT2D eigenvalue weighted by Gasteiger charge is 2.17. The molecule has 0 spiro atoms. The lowest BCUT2D eigenvalue weighted by molar-refractivity contribution is -0.152. The monoisotopic (exact) mass is 463 g/mol. The first kappa shape index (κ1) is 28.7. The molecule has 0 aliphatic rings. The van der Waals surface area contributed by atoms with Crippen LogP contribution in [0.4, 0.5) is 0 Å². The number of rotatable bonds is 12. The van der Waals surface area contributed by atoms with Crippen molar-refractivity contribution in [3.63, 3.8) is 0 Å². The van der Waals surface area contributed by atoms with Gasteiger partial charge in [-0.15, -0.1) is 0 Å². The van der Waals surface area contributed by atoms with Gasteiger partial charge in [0.1, 0.15) is 0 Å². The Morgan fingerprint density at radius 2 is 1.09 bits per heavy atom. The average molecular weight is 463 g/mol. The second-order valence-electron chi connectivity index (χ2n) is 6.14. The maximum Gasteiger partial charge on any atom is 0.396 e. The van der Waals surface area contributed by atoms with E-state index >= 15 is 0 Å². The Hall–Kier alpha value is -3.30. The molecular formula is C17H29N5O10. The molecule has 0 aliphatic heterocycles. The van der Waals surface area contributed by atoms with E-state index in [1.165, 1.54) is 0 Å². The predicted molar refractivity (Wildman–Crippen MR) is 106 cm³/mol. The van der Waals surface area contributed by atoms with Crippen LogP contribution in [0.15, 0.2) is 0 Å². The summed E-state index contributed by atoms with van der Waals surface area (Å²) in [4.78, 5) is 70.1. The molecule has 0 heterocycles. The Morgan fingerprint density at radius 1 is 0.719 bits per heavy atom. The van der Waals surface area contributed by atoms with Crippen LogP contribution in [0.2, 0.25) is 0 Å². The summed E-state index contributed by atoms with van der Waals surface area (Å²) in [5.41, 5.74) is 0. The maximum absolute atomic E-state index is 11.7. The Morgan fingerprint density at radius 3 is 1.47 bits per heavy atom. The van der Waals surface area contributed by atoms with Gasteiger partial charge in [0.05, 0.1) is 26.9 Å². The minimum atomic E-state index is -1.19. The number of esters is 2. The van der Waals surface area contributed by atoms with Gasteiger partial charge in [-0.3, -0.25) is 24.1 Å². The van der Waals surface area contributed by atoms with Crippen LogP contribution in [0.3, 0.4) is 0 Å². The Bertz CT molecular complexity index is 638. The first-order valence-electron chi connectivity index (χ1n) is 9.45. The lowest BCUT2D eigenvalue weighted by Crippen LogP contribution is -2.47. The van der Waals surface area contributed by atoms with Crippen molar-refractivity contribution in [3.8, 4) is 0 Å². The number of nitrogens with zero attached hydrogens (tertiary/aromatic N) is 1. The quantitative estimate of drug-likeness (QED) is 0.119. The van der Waals surface area contributed by atoms with Crippen LogP contribution in [-0.4, -0.2) is 123 Å². The van der Waals surface area contributed by atoms with Crippen molar-refractivity contribution in [2.75, 3.05) is 66.6 Å². The first-order chi connectivity index (χ1) is 15.2. The zero-order chi connectivity index (χ0) is 24.5. The molecule has 1 unspecified atom stereocenters. The van der Waals surface area contributed by atoms with Gasteiger partial charge < -0.3 is 41.0 Å². The Balaban J connectivity index is 4.58. The predicted octanol–water partition coefficient (Wildman–Crippen LogP) is -5.55. The van der Waals surface area contributed by atoms with Crippen LogP contribution >= 0.6 is 0 Å². The summed E-state index contributed by atoms with van der Waals surface area (Å²) < 4.78 is 8.56. The topological polar surface area (TPSA) is 213 Å². The smallest absolute Gasteiger partial charge is 0.396 e. The second kappa shape index (κ2) is 16.4. The van der Waals surface area contributed by atoms with Gasteiger partial charge in [0, 0.05) is 45.8 Å². The number of carbonyl (C=O) groups excluding carboxylic acids is 6. The fourth-order valence-corrected chi connectivity index (χ4v) is 2.08. The zero-order valence-corrected chi connectivity index (χ0v) is 17.8. The Kier molecular flexibility index (Phi) is 14.7. The van der Waals surface area contributed by atoms with E-state index in [1.54, 1.807) is 4.90 Å². The number of carbonyl (C=O) groups is 6. The molecule has 0 saturated carbocycles. The van der Waals surface area contributed by atoms with Crippen molar-refractivity contribution in [1.29, 1.82) is 0 Å². The molecule has 1 atom stereocenters. The fraction of sp³-hybridized carbons (Fsp3) is 0.647.